The molecule has 2 bridgehead atoms. The Morgan fingerprint density at radius 1 is 1.19 bits per heavy atom. The highest BCUT2D eigenvalue weighted by molar-refractivity contribution is 5.90. The van der Waals surface area contributed by atoms with E-state index in [0.717, 1.165) is 48.0 Å². The Kier molecular flexibility index (Phi) is 6.15. The van der Waals surface area contributed by atoms with Gasteiger partial charge in [-0.15, -0.1) is 0 Å². The van der Waals surface area contributed by atoms with Gasteiger partial charge in [0.05, 0.1) is 19.8 Å². The predicted octanol–water partition coefficient (Wildman–Crippen LogP) is 2.09. The smallest absolute Gasteiger partial charge is 0.228 e. The van der Waals surface area contributed by atoms with Crippen LogP contribution in [0.2, 0.25) is 0 Å². The van der Waals surface area contributed by atoms with Crippen LogP contribution in [0.25, 0.3) is 11.0 Å². The predicted molar refractivity (Wildman–Crippen MR) is 122 cm³/mol. The van der Waals surface area contributed by atoms with E-state index in [9.17, 15) is 0 Å². The van der Waals surface area contributed by atoms with Gasteiger partial charge in [0.15, 0.2) is 5.82 Å². The Balaban J connectivity index is 1.60. The van der Waals surface area contributed by atoms with Crippen molar-refractivity contribution in [3.8, 4) is 0 Å². The largest absolute Gasteiger partial charge is 0.380 e. The maximum atomic E-state index is 5.72. The summed E-state index contributed by atoms with van der Waals surface area (Å²) in [6, 6.07) is 6.70. The molecule has 0 unspecified atom stereocenters. The first-order valence-corrected chi connectivity index (χ1v) is 11.4. The van der Waals surface area contributed by atoms with E-state index in [2.05, 4.69) is 20.5 Å². The Bertz CT molecular complexity index is 1060. The zero-order chi connectivity index (χ0) is 21.9. The number of ether oxygens (including phenoxy) is 2. The van der Waals surface area contributed by atoms with Crippen LogP contribution in [-0.4, -0.2) is 69.7 Å². The molecular weight excluding hydrogens is 408 g/mol. The highest BCUT2D eigenvalue weighted by Crippen LogP contribution is 2.32. The molecule has 2 aliphatic rings. The fourth-order valence-corrected chi connectivity index (χ4v) is 4.46. The van der Waals surface area contributed by atoms with Gasteiger partial charge in [-0.1, -0.05) is 6.07 Å². The molecule has 0 aromatic carbocycles. The number of nitrogens with one attached hydrogen (secondary N) is 2. The van der Waals surface area contributed by atoms with Crippen LogP contribution in [0.3, 0.4) is 0 Å². The fourth-order valence-electron chi connectivity index (χ4n) is 4.46. The third-order valence-corrected chi connectivity index (χ3v) is 5.96. The monoisotopic (exact) mass is 438 g/mol. The first-order chi connectivity index (χ1) is 15.8. The van der Waals surface area contributed by atoms with Crippen molar-refractivity contribution in [3.05, 3.63) is 30.1 Å². The van der Waals surface area contributed by atoms with Crippen molar-refractivity contribution in [1.29, 1.82) is 0 Å². The molecule has 2 N–H and O–H groups in total. The number of pyridine rings is 1. The van der Waals surface area contributed by atoms with Crippen LogP contribution in [0, 0.1) is 0 Å². The van der Waals surface area contributed by atoms with Crippen LogP contribution in [0.4, 0.5) is 17.6 Å². The quantitative estimate of drug-likeness (QED) is 0.461. The standard InChI is InChI=1S/C22H30N8O2/c1-3-31-10-9-30-20-19(17(28-30)14-32-4-2)26-22(29-13-15-11-16(29)12-24-15)27-21(20)25-18-7-5-6-8-23-18/h5-8,15-16,24H,3-4,9-14H2,1-2H3,(H,23,25,26,27)/t15-,16-/m0/s1. The zero-order valence-corrected chi connectivity index (χ0v) is 18.6. The molecule has 0 radical (unpaired) electrons. The summed E-state index contributed by atoms with van der Waals surface area (Å²) < 4.78 is 13.2. The van der Waals surface area contributed by atoms with Gasteiger partial charge in [0, 0.05) is 44.6 Å². The lowest BCUT2D eigenvalue weighted by molar-refractivity contribution is 0.128. The second-order valence-corrected chi connectivity index (χ2v) is 8.06. The molecule has 0 spiro atoms. The van der Waals surface area contributed by atoms with E-state index in [1.807, 2.05) is 36.7 Å². The van der Waals surface area contributed by atoms with Gasteiger partial charge in [-0.05, 0) is 32.4 Å². The van der Waals surface area contributed by atoms with Crippen LogP contribution >= 0.6 is 0 Å². The van der Waals surface area contributed by atoms with Gasteiger partial charge < -0.3 is 25.0 Å². The Morgan fingerprint density at radius 3 is 2.81 bits per heavy atom. The minimum absolute atomic E-state index is 0.404. The molecule has 5 heterocycles. The molecule has 32 heavy (non-hydrogen) atoms. The molecule has 10 heteroatoms. The maximum Gasteiger partial charge on any atom is 0.228 e. The number of fused-ring (bicyclic) bond motifs is 3. The number of piperazine rings is 1. The van der Waals surface area contributed by atoms with Gasteiger partial charge in [-0.25, -0.2) is 9.97 Å². The molecular formula is C22H30N8O2. The topological polar surface area (TPSA) is 102 Å². The summed E-state index contributed by atoms with van der Waals surface area (Å²) in [4.78, 5) is 16.7. The minimum atomic E-state index is 0.404. The summed E-state index contributed by atoms with van der Waals surface area (Å²) in [6.07, 6.45) is 2.89. The van der Waals surface area contributed by atoms with Crippen LogP contribution < -0.4 is 15.5 Å². The molecule has 0 amide bonds. The van der Waals surface area contributed by atoms with E-state index in [0.29, 0.717) is 50.9 Å². The lowest BCUT2D eigenvalue weighted by atomic mass is 10.2. The summed E-state index contributed by atoms with van der Waals surface area (Å²) in [5, 5.41) is 11.8. The summed E-state index contributed by atoms with van der Waals surface area (Å²) in [7, 11) is 0. The molecule has 0 aliphatic carbocycles. The average molecular weight is 439 g/mol. The van der Waals surface area contributed by atoms with Crippen LogP contribution in [0.15, 0.2) is 24.4 Å². The van der Waals surface area contributed by atoms with Crippen LogP contribution in [-0.2, 0) is 22.6 Å². The van der Waals surface area contributed by atoms with E-state index in [1.165, 1.54) is 0 Å². The van der Waals surface area contributed by atoms with Crippen molar-refractivity contribution >= 4 is 28.6 Å². The highest BCUT2D eigenvalue weighted by atomic mass is 16.5. The van der Waals surface area contributed by atoms with Crippen molar-refractivity contribution < 1.29 is 9.47 Å². The van der Waals surface area contributed by atoms with Crippen LogP contribution in [0.5, 0.6) is 0 Å². The number of anilines is 3. The van der Waals surface area contributed by atoms with E-state index < -0.39 is 0 Å². The fraction of sp³-hybridized carbons (Fsp3) is 0.545. The van der Waals surface area contributed by atoms with Crippen molar-refractivity contribution in [2.75, 3.05) is 43.1 Å². The summed E-state index contributed by atoms with van der Waals surface area (Å²) in [5.74, 6) is 2.16. The highest BCUT2D eigenvalue weighted by Gasteiger charge is 2.39. The van der Waals surface area contributed by atoms with Gasteiger partial charge in [0.1, 0.15) is 22.5 Å². The molecule has 2 aliphatic heterocycles. The lowest BCUT2D eigenvalue weighted by Gasteiger charge is -2.27. The van der Waals surface area contributed by atoms with E-state index in [4.69, 9.17) is 24.5 Å². The third kappa shape index (κ3) is 4.13. The number of rotatable bonds is 10. The summed E-state index contributed by atoms with van der Waals surface area (Å²) in [6.45, 7) is 8.71. The minimum Gasteiger partial charge on any atom is -0.380 e. The molecule has 2 fully saturated rings. The molecule has 170 valence electrons. The van der Waals surface area contributed by atoms with Crippen LogP contribution in [0.1, 0.15) is 26.0 Å². The Hall–Kier alpha value is -2.82. The number of aromatic nitrogens is 5. The van der Waals surface area contributed by atoms with E-state index in [1.54, 1.807) is 6.20 Å². The van der Waals surface area contributed by atoms with Gasteiger partial charge in [0.2, 0.25) is 5.95 Å². The Labute approximate surface area is 187 Å². The summed E-state index contributed by atoms with van der Waals surface area (Å²) >= 11 is 0. The second kappa shape index (κ2) is 9.35. The van der Waals surface area contributed by atoms with Crippen molar-refractivity contribution in [1.82, 2.24) is 30.0 Å². The second-order valence-electron chi connectivity index (χ2n) is 8.06. The van der Waals surface area contributed by atoms with Crippen molar-refractivity contribution in [2.45, 2.75) is 45.5 Å². The Morgan fingerprint density at radius 2 is 2.09 bits per heavy atom. The van der Waals surface area contributed by atoms with E-state index in [-0.39, 0.29) is 0 Å². The first kappa shape index (κ1) is 21.0. The van der Waals surface area contributed by atoms with Gasteiger partial charge in [-0.3, -0.25) is 4.68 Å². The molecule has 3 aromatic rings. The maximum absolute atomic E-state index is 5.72. The van der Waals surface area contributed by atoms with Crippen molar-refractivity contribution in [3.63, 3.8) is 0 Å². The summed E-state index contributed by atoms with van der Waals surface area (Å²) in [5.41, 5.74) is 2.47. The molecule has 2 saturated heterocycles. The van der Waals surface area contributed by atoms with Gasteiger partial charge >= 0.3 is 0 Å². The molecule has 5 rings (SSSR count). The average Bonchev–Trinajstić information content (AvgIpc) is 3.53. The molecule has 0 saturated carbocycles. The molecule has 2 atom stereocenters. The van der Waals surface area contributed by atoms with Crippen molar-refractivity contribution in [2.24, 2.45) is 0 Å². The van der Waals surface area contributed by atoms with E-state index >= 15 is 0 Å². The normalized spacial score (nSPS) is 19.9. The number of hydrogen-bond donors (Lipinski definition) is 2. The molecule has 3 aromatic heterocycles. The van der Waals surface area contributed by atoms with Gasteiger partial charge in [0.25, 0.3) is 0 Å². The lowest BCUT2D eigenvalue weighted by Crippen LogP contribution is -2.44. The number of hydrogen-bond acceptors (Lipinski definition) is 9. The molecule has 10 nitrogen and oxygen atoms in total. The number of nitrogens with zero attached hydrogens (tertiary/aromatic N) is 6. The van der Waals surface area contributed by atoms with Gasteiger partial charge in [-0.2, -0.15) is 10.1 Å². The third-order valence-electron chi connectivity index (χ3n) is 5.96. The SMILES string of the molecule is CCOCCn1nc(COCC)c2nc(N3C[C@@H]4C[C@H]3CN4)nc(Nc3ccccn3)c21. The first-order valence-electron chi connectivity index (χ1n) is 11.4. The zero-order valence-electron chi connectivity index (χ0n) is 18.6.